The molecule has 0 spiro atoms. The number of carbonyl (C=O) groups is 1. The van der Waals surface area contributed by atoms with Crippen molar-refractivity contribution in [1.82, 2.24) is 20.9 Å². The summed E-state index contributed by atoms with van der Waals surface area (Å²) in [7, 11) is 3.34. The van der Waals surface area contributed by atoms with Gasteiger partial charge in [-0.3, -0.25) is 14.7 Å². The number of carbonyl (C=O) groups excluding carboxylic acids is 1. The number of hydrogen-bond acceptors (Lipinski definition) is 3. The van der Waals surface area contributed by atoms with E-state index in [2.05, 4.69) is 25.8 Å². The Balaban J connectivity index is 1.78. The Morgan fingerprint density at radius 1 is 1.33 bits per heavy atom. The maximum atomic E-state index is 13.9. The fourth-order valence-electron chi connectivity index (χ4n) is 3.17. The largest absolute Gasteiger partial charge is 0.358 e. The molecular formula is C19H29F2N5O. The van der Waals surface area contributed by atoms with Crippen LogP contribution in [0, 0.1) is 11.6 Å². The molecule has 1 saturated heterocycles. The molecule has 0 saturated carbocycles. The highest BCUT2D eigenvalue weighted by molar-refractivity contribution is 5.80. The number of nitrogens with zero attached hydrogens (tertiary/aromatic N) is 2. The molecule has 1 aromatic rings. The van der Waals surface area contributed by atoms with Gasteiger partial charge in [-0.1, -0.05) is 13.0 Å². The molecular weight excluding hydrogens is 352 g/mol. The average Bonchev–Trinajstić information content (AvgIpc) is 2.66. The highest BCUT2D eigenvalue weighted by Crippen LogP contribution is 2.19. The summed E-state index contributed by atoms with van der Waals surface area (Å²) in [5, 5.41) is 9.23. The van der Waals surface area contributed by atoms with Gasteiger partial charge < -0.3 is 16.0 Å². The Morgan fingerprint density at radius 2 is 2.04 bits per heavy atom. The van der Waals surface area contributed by atoms with E-state index in [4.69, 9.17) is 0 Å². The minimum atomic E-state index is -0.573. The van der Waals surface area contributed by atoms with E-state index >= 15 is 0 Å². The summed E-state index contributed by atoms with van der Waals surface area (Å²) < 4.78 is 26.9. The summed E-state index contributed by atoms with van der Waals surface area (Å²) in [5.41, 5.74) is 0.474. The van der Waals surface area contributed by atoms with Crippen LogP contribution in [0.25, 0.3) is 0 Å². The highest BCUT2D eigenvalue weighted by Gasteiger charge is 2.21. The Bertz CT molecular complexity index is 660. The zero-order valence-corrected chi connectivity index (χ0v) is 16.2. The number of likely N-dealkylation sites (N-methyl/N-ethyl adjacent to an activating group) is 1. The minimum Gasteiger partial charge on any atom is -0.358 e. The van der Waals surface area contributed by atoms with Gasteiger partial charge in [0.2, 0.25) is 5.91 Å². The molecule has 1 amide bonds. The van der Waals surface area contributed by atoms with Crippen molar-refractivity contribution in [1.29, 1.82) is 0 Å². The van der Waals surface area contributed by atoms with Gasteiger partial charge in [-0.15, -0.1) is 0 Å². The molecule has 8 heteroatoms. The van der Waals surface area contributed by atoms with Crippen LogP contribution in [0.3, 0.4) is 0 Å². The van der Waals surface area contributed by atoms with Crippen molar-refractivity contribution >= 4 is 11.9 Å². The first-order chi connectivity index (χ1) is 12.9. The number of hydrogen-bond donors (Lipinski definition) is 3. The summed E-state index contributed by atoms with van der Waals surface area (Å²) in [6, 6.07) is 3.94. The molecule has 0 bridgehead atoms. The van der Waals surface area contributed by atoms with E-state index in [-0.39, 0.29) is 17.9 Å². The van der Waals surface area contributed by atoms with E-state index in [9.17, 15) is 13.6 Å². The normalized spacial score (nSPS) is 17.4. The maximum absolute atomic E-state index is 13.9. The van der Waals surface area contributed by atoms with Crippen LogP contribution in [0.4, 0.5) is 8.78 Å². The third-order valence-electron chi connectivity index (χ3n) is 4.87. The highest BCUT2D eigenvalue weighted by atomic mass is 19.1. The molecule has 1 heterocycles. The number of rotatable bonds is 6. The molecule has 3 N–H and O–H groups in total. The quantitative estimate of drug-likeness (QED) is 0.515. The summed E-state index contributed by atoms with van der Waals surface area (Å²) in [6.07, 6.45) is 1.83. The fourth-order valence-corrected chi connectivity index (χ4v) is 3.17. The predicted molar refractivity (Wildman–Crippen MR) is 103 cm³/mol. The number of guanidine groups is 1. The molecule has 0 aromatic heterocycles. The second-order valence-electron chi connectivity index (χ2n) is 6.89. The standard InChI is InChI=1S/C19H29F2N5O/c1-13(16-5-4-14(20)10-17(16)21)11-24-19(23-3)25-15-6-8-26(9-7-15)12-18(27)22-2/h4-5,10,13,15H,6-9,11-12H2,1-3H3,(H,22,27)(H2,23,24,25). The molecule has 1 aromatic carbocycles. The Morgan fingerprint density at radius 3 is 2.63 bits per heavy atom. The second-order valence-corrected chi connectivity index (χ2v) is 6.89. The van der Waals surface area contributed by atoms with Crippen LogP contribution < -0.4 is 16.0 Å². The first-order valence-electron chi connectivity index (χ1n) is 9.28. The van der Waals surface area contributed by atoms with Gasteiger partial charge in [0.1, 0.15) is 11.6 Å². The van der Waals surface area contributed by atoms with E-state index in [0.29, 0.717) is 24.6 Å². The van der Waals surface area contributed by atoms with Crippen LogP contribution in [0.15, 0.2) is 23.2 Å². The Labute approximate surface area is 159 Å². The van der Waals surface area contributed by atoms with Crippen LogP contribution in [0.5, 0.6) is 0 Å². The zero-order valence-electron chi connectivity index (χ0n) is 16.2. The number of amides is 1. The van der Waals surface area contributed by atoms with Gasteiger partial charge in [0.15, 0.2) is 5.96 Å². The number of nitrogens with one attached hydrogen (secondary N) is 3. The van der Waals surface area contributed by atoms with Gasteiger partial charge in [-0.2, -0.15) is 0 Å². The number of piperidine rings is 1. The average molecular weight is 381 g/mol. The number of benzene rings is 1. The lowest BCUT2D eigenvalue weighted by Crippen LogP contribution is -2.50. The number of likely N-dealkylation sites (tertiary alicyclic amines) is 1. The maximum Gasteiger partial charge on any atom is 0.233 e. The van der Waals surface area contributed by atoms with E-state index in [1.54, 1.807) is 14.1 Å². The van der Waals surface area contributed by atoms with Crippen molar-refractivity contribution in [3.8, 4) is 0 Å². The summed E-state index contributed by atoms with van der Waals surface area (Å²) in [6.45, 7) is 4.49. The van der Waals surface area contributed by atoms with Crippen molar-refractivity contribution < 1.29 is 13.6 Å². The SMILES string of the molecule is CN=C(NCC(C)c1ccc(F)cc1F)NC1CCN(CC(=O)NC)CC1. The van der Waals surface area contributed by atoms with Gasteiger partial charge in [-0.05, 0) is 24.5 Å². The third kappa shape index (κ3) is 6.46. The Kier molecular flexibility index (Phi) is 7.97. The van der Waals surface area contributed by atoms with E-state index in [1.807, 2.05) is 6.92 Å². The molecule has 1 fully saturated rings. The summed E-state index contributed by atoms with van der Waals surface area (Å²) in [4.78, 5) is 17.8. The number of aliphatic imine (C=N–C) groups is 1. The molecule has 1 aliphatic rings. The summed E-state index contributed by atoms with van der Waals surface area (Å²) in [5.74, 6) is -0.541. The minimum absolute atomic E-state index is 0.0286. The lowest BCUT2D eigenvalue weighted by atomic mass is 10.0. The first-order valence-corrected chi connectivity index (χ1v) is 9.28. The smallest absolute Gasteiger partial charge is 0.233 e. The van der Waals surface area contributed by atoms with Crippen LogP contribution in [-0.4, -0.2) is 63.1 Å². The summed E-state index contributed by atoms with van der Waals surface area (Å²) >= 11 is 0. The predicted octanol–water partition coefficient (Wildman–Crippen LogP) is 1.44. The monoisotopic (exact) mass is 381 g/mol. The van der Waals surface area contributed by atoms with E-state index in [0.717, 1.165) is 32.0 Å². The van der Waals surface area contributed by atoms with E-state index in [1.165, 1.54) is 12.1 Å². The van der Waals surface area contributed by atoms with E-state index < -0.39 is 11.6 Å². The van der Waals surface area contributed by atoms with Gasteiger partial charge in [-0.25, -0.2) is 8.78 Å². The van der Waals surface area contributed by atoms with Crippen LogP contribution in [0.2, 0.25) is 0 Å². The lowest BCUT2D eigenvalue weighted by Gasteiger charge is -2.32. The third-order valence-corrected chi connectivity index (χ3v) is 4.87. The van der Waals surface area contributed by atoms with Crippen LogP contribution in [0.1, 0.15) is 31.2 Å². The molecule has 2 rings (SSSR count). The number of halogens is 2. The molecule has 150 valence electrons. The van der Waals surface area contributed by atoms with Crippen molar-refractivity contribution in [2.24, 2.45) is 4.99 Å². The van der Waals surface area contributed by atoms with Gasteiger partial charge in [0.05, 0.1) is 6.54 Å². The van der Waals surface area contributed by atoms with Crippen molar-refractivity contribution in [2.75, 3.05) is 40.3 Å². The molecule has 1 aliphatic heterocycles. The molecule has 1 unspecified atom stereocenters. The first kappa shape index (κ1) is 21.1. The molecule has 6 nitrogen and oxygen atoms in total. The van der Waals surface area contributed by atoms with Crippen LogP contribution >= 0.6 is 0 Å². The van der Waals surface area contributed by atoms with Gasteiger partial charge in [0.25, 0.3) is 0 Å². The van der Waals surface area contributed by atoms with Crippen molar-refractivity contribution in [3.63, 3.8) is 0 Å². The van der Waals surface area contributed by atoms with Gasteiger partial charge >= 0.3 is 0 Å². The lowest BCUT2D eigenvalue weighted by molar-refractivity contribution is -0.122. The molecule has 27 heavy (non-hydrogen) atoms. The van der Waals surface area contributed by atoms with Crippen LogP contribution in [-0.2, 0) is 4.79 Å². The zero-order chi connectivity index (χ0) is 19.8. The molecule has 1 atom stereocenters. The van der Waals surface area contributed by atoms with Crippen molar-refractivity contribution in [2.45, 2.75) is 31.7 Å². The molecule has 0 aliphatic carbocycles. The fraction of sp³-hybridized carbons (Fsp3) is 0.579. The molecule has 0 radical (unpaired) electrons. The topological polar surface area (TPSA) is 68.8 Å². The Hall–Kier alpha value is -2.22. The van der Waals surface area contributed by atoms with Gasteiger partial charge in [0, 0.05) is 51.8 Å². The van der Waals surface area contributed by atoms with Crippen molar-refractivity contribution in [3.05, 3.63) is 35.4 Å². The second kappa shape index (κ2) is 10.2.